The van der Waals surface area contributed by atoms with Crippen LogP contribution in [0.2, 0.25) is 0 Å². The van der Waals surface area contributed by atoms with Crippen LogP contribution in [0.3, 0.4) is 0 Å². The molecule has 2 aromatic rings. The van der Waals surface area contributed by atoms with Gasteiger partial charge in [0.25, 0.3) is 0 Å². The summed E-state index contributed by atoms with van der Waals surface area (Å²) in [6.07, 6.45) is 11.7. The Morgan fingerprint density at radius 2 is 1.19 bits per heavy atom. The van der Waals surface area contributed by atoms with E-state index in [0.717, 1.165) is 11.3 Å². The monoisotopic (exact) mass is 365 g/mol. The fourth-order valence-electron chi connectivity index (χ4n) is 5.07. The molecule has 0 aromatic heterocycles. The first-order chi connectivity index (χ1) is 12.8. The molecule has 0 saturated heterocycles. The number of hydrogen-bond acceptors (Lipinski definition) is 1. The zero-order chi connectivity index (χ0) is 17.9. The predicted molar refractivity (Wildman–Crippen MR) is 117 cm³/mol. The lowest BCUT2D eigenvalue weighted by atomic mass is 10.0. The molecule has 138 valence electrons. The molecule has 0 amide bonds. The summed E-state index contributed by atoms with van der Waals surface area (Å²) in [7, 11) is 4.28. The van der Waals surface area contributed by atoms with E-state index in [1.54, 1.807) is 5.30 Å². The number of para-hydroxylation sites is 1. The van der Waals surface area contributed by atoms with Gasteiger partial charge in [0.05, 0.1) is 0 Å². The molecule has 0 aliphatic heterocycles. The van der Waals surface area contributed by atoms with Crippen molar-refractivity contribution in [2.75, 3.05) is 19.0 Å². The smallest absolute Gasteiger partial charge is 0.0440 e. The van der Waals surface area contributed by atoms with E-state index < -0.39 is 0 Å². The number of anilines is 1. The van der Waals surface area contributed by atoms with Gasteiger partial charge in [-0.15, -0.1) is 0 Å². The third kappa shape index (κ3) is 3.56. The van der Waals surface area contributed by atoms with Gasteiger partial charge in [-0.05, 0) is 53.9 Å². The van der Waals surface area contributed by atoms with Gasteiger partial charge < -0.3 is 4.90 Å². The summed E-state index contributed by atoms with van der Waals surface area (Å²) >= 11 is 0. The molecule has 1 nitrogen and oxygen atoms in total. The van der Waals surface area contributed by atoms with Gasteiger partial charge in [-0.2, -0.15) is 0 Å². The molecule has 2 fully saturated rings. The van der Waals surface area contributed by atoms with Crippen molar-refractivity contribution < 1.29 is 0 Å². The Morgan fingerprint density at radius 1 is 0.692 bits per heavy atom. The molecule has 2 aliphatic carbocycles. The van der Waals surface area contributed by atoms with E-state index in [4.69, 9.17) is 0 Å². The topological polar surface area (TPSA) is 3.24 Å². The number of hydrogen-bond donors (Lipinski definition) is 0. The van der Waals surface area contributed by atoms with Crippen LogP contribution in [0.25, 0.3) is 11.1 Å². The van der Waals surface area contributed by atoms with Crippen molar-refractivity contribution in [1.82, 2.24) is 0 Å². The fraction of sp³-hybridized carbons (Fsp3) is 0.500. The third-order valence-corrected chi connectivity index (χ3v) is 9.85. The Labute approximate surface area is 160 Å². The third-order valence-electron chi connectivity index (χ3n) is 6.29. The van der Waals surface area contributed by atoms with Gasteiger partial charge in [-0.3, -0.25) is 0 Å². The number of nitrogens with zero attached hydrogens (tertiary/aromatic N) is 1. The van der Waals surface area contributed by atoms with E-state index in [2.05, 4.69) is 67.5 Å². The van der Waals surface area contributed by atoms with Crippen LogP contribution in [0.1, 0.15) is 51.4 Å². The van der Waals surface area contributed by atoms with Crippen molar-refractivity contribution in [3.63, 3.8) is 0 Å². The summed E-state index contributed by atoms with van der Waals surface area (Å²) in [5.74, 6) is 0. The molecule has 0 bridgehead atoms. The van der Waals surface area contributed by atoms with Gasteiger partial charge in [0.2, 0.25) is 0 Å². The molecule has 0 heterocycles. The lowest BCUT2D eigenvalue weighted by Gasteiger charge is -2.33. The standard InChI is InChI=1S/C24H32NP/c1-25(2)23-17-9-7-15-21(23)22-16-8-10-18-24(22)26(19-11-3-4-12-19)20-13-5-6-14-20/h7-10,15-20H,3-6,11-14H2,1-2H3. The molecule has 0 spiro atoms. The van der Waals surface area contributed by atoms with E-state index in [1.807, 2.05) is 0 Å². The zero-order valence-corrected chi connectivity index (χ0v) is 17.2. The molecule has 0 radical (unpaired) electrons. The Morgan fingerprint density at radius 3 is 1.77 bits per heavy atom. The Kier molecular flexibility index (Phi) is 5.65. The lowest BCUT2D eigenvalue weighted by Crippen LogP contribution is -2.21. The second-order valence-electron chi connectivity index (χ2n) is 8.21. The molecule has 2 heteroatoms. The van der Waals surface area contributed by atoms with Crippen LogP contribution in [0.5, 0.6) is 0 Å². The van der Waals surface area contributed by atoms with Crippen LogP contribution in [0.15, 0.2) is 48.5 Å². The van der Waals surface area contributed by atoms with Crippen molar-refractivity contribution in [2.24, 2.45) is 0 Å². The van der Waals surface area contributed by atoms with Crippen molar-refractivity contribution in [2.45, 2.75) is 62.7 Å². The molecule has 2 saturated carbocycles. The Hall–Kier alpha value is -1.33. The van der Waals surface area contributed by atoms with Crippen molar-refractivity contribution in [1.29, 1.82) is 0 Å². The molecule has 4 rings (SSSR count). The van der Waals surface area contributed by atoms with E-state index in [1.165, 1.54) is 68.2 Å². The second-order valence-corrected chi connectivity index (χ2v) is 11.0. The highest BCUT2D eigenvalue weighted by Crippen LogP contribution is 2.57. The van der Waals surface area contributed by atoms with Crippen LogP contribution in [0.4, 0.5) is 5.69 Å². The van der Waals surface area contributed by atoms with E-state index >= 15 is 0 Å². The van der Waals surface area contributed by atoms with Gasteiger partial charge in [0.15, 0.2) is 0 Å². The number of rotatable bonds is 5. The normalized spacial score (nSPS) is 18.7. The molecule has 0 atom stereocenters. The second kappa shape index (κ2) is 8.13. The minimum absolute atomic E-state index is 0.0526. The molecule has 0 unspecified atom stereocenters. The maximum Gasteiger partial charge on any atom is 0.0440 e. The van der Waals surface area contributed by atoms with Crippen LogP contribution < -0.4 is 10.2 Å². The van der Waals surface area contributed by atoms with E-state index in [0.29, 0.717) is 0 Å². The summed E-state index contributed by atoms with van der Waals surface area (Å²) in [6.45, 7) is 0. The van der Waals surface area contributed by atoms with Gasteiger partial charge in [-0.1, -0.05) is 76.1 Å². The van der Waals surface area contributed by atoms with Crippen LogP contribution in [-0.4, -0.2) is 25.4 Å². The van der Waals surface area contributed by atoms with Gasteiger partial charge in [0, 0.05) is 25.3 Å². The minimum Gasteiger partial charge on any atom is -0.377 e. The zero-order valence-electron chi connectivity index (χ0n) is 16.3. The van der Waals surface area contributed by atoms with Gasteiger partial charge in [-0.25, -0.2) is 0 Å². The van der Waals surface area contributed by atoms with Crippen molar-refractivity contribution in [3.05, 3.63) is 48.5 Å². The maximum atomic E-state index is 2.48. The average Bonchev–Trinajstić information content (AvgIpc) is 3.37. The van der Waals surface area contributed by atoms with Crippen LogP contribution >= 0.6 is 7.92 Å². The Balaban J connectivity index is 1.81. The molecule has 2 aliphatic rings. The first kappa shape index (κ1) is 18.1. The number of benzene rings is 2. The molecular formula is C24H32NP. The highest BCUT2D eigenvalue weighted by Gasteiger charge is 2.35. The minimum atomic E-state index is -0.0526. The SMILES string of the molecule is CN(C)c1ccccc1-c1ccccc1P(C1CCCC1)C1CCCC1. The first-order valence-electron chi connectivity index (χ1n) is 10.4. The quantitative estimate of drug-likeness (QED) is 0.553. The first-order valence-corrected chi connectivity index (χ1v) is 11.9. The summed E-state index contributed by atoms with van der Waals surface area (Å²) < 4.78 is 0. The molecule has 26 heavy (non-hydrogen) atoms. The molecule has 2 aromatic carbocycles. The largest absolute Gasteiger partial charge is 0.377 e. The fourth-order valence-corrected chi connectivity index (χ4v) is 9.03. The van der Waals surface area contributed by atoms with Crippen LogP contribution in [-0.2, 0) is 0 Å². The summed E-state index contributed by atoms with van der Waals surface area (Å²) in [5.41, 5.74) is 6.17. The molecular weight excluding hydrogens is 333 g/mol. The highest BCUT2D eigenvalue weighted by molar-refractivity contribution is 7.67. The predicted octanol–water partition coefficient (Wildman–Crippen LogP) is 6.41. The van der Waals surface area contributed by atoms with Gasteiger partial charge in [0.1, 0.15) is 0 Å². The van der Waals surface area contributed by atoms with Crippen molar-refractivity contribution >= 4 is 18.9 Å². The Bertz CT molecular complexity index is 710. The van der Waals surface area contributed by atoms with Crippen LogP contribution in [0, 0.1) is 0 Å². The van der Waals surface area contributed by atoms with E-state index in [-0.39, 0.29) is 7.92 Å². The highest BCUT2D eigenvalue weighted by atomic mass is 31.1. The van der Waals surface area contributed by atoms with Crippen molar-refractivity contribution in [3.8, 4) is 11.1 Å². The average molecular weight is 366 g/mol. The summed E-state index contributed by atoms with van der Waals surface area (Å²) in [4.78, 5) is 2.26. The van der Waals surface area contributed by atoms with E-state index in [9.17, 15) is 0 Å². The summed E-state index contributed by atoms with van der Waals surface area (Å²) in [5, 5.41) is 1.69. The van der Waals surface area contributed by atoms with Gasteiger partial charge >= 0.3 is 0 Å². The maximum absolute atomic E-state index is 2.48. The summed E-state index contributed by atoms with van der Waals surface area (Å²) in [6, 6.07) is 18.3. The molecule has 0 N–H and O–H groups in total. The lowest BCUT2D eigenvalue weighted by molar-refractivity contribution is 0.835.